The van der Waals surface area contributed by atoms with E-state index in [0.717, 1.165) is 31.5 Å². The number of aromatic hydroxyl groups is 1. The Morgan fingerprint density at radius 2 is 2.06 bits per heavy atom. The summed E-state index contributed by atoms with van der Waals surface area (Å²) in [5.41, 5.74) is 0.774. The van der Waals surface area contributed by atoms with Crippen molar-refractivity contribution in [1.82, 2.24) is 4.90 Å². The topological polar surface area (TPSA) is 40.5 Å². The lowest BCUT2D eigenvalue weighted by Crippen LogP contribution is -2.29. The molecule has 1 aliphatic heterocycles. The first-order valence-corrected chi connectivity index (χ1v) is 5.80. The molecule has 0 aliphatic carbocycles. The van der Waals surface area contributed by atoms with Gasteiger partial charge in [-0.25, -0.2) is 0 Å². The van der Waals surface area contributed by atoms with E-state index in [-0.39, 0.29) is 11.7 Å². The number of nitrogens with zero attached hydrogens (tertiary/aromatic N) is 1. The zero-order valence-electron chi connectivity index (χ0n) is 8.95. The summed E-state index contributed by atoms with van der Waals surface area (Å²) < 4.78 is 0. The van der Waals surface area contributed by atoms with Gasteiger partial charge in [0.1, 0.15) is 5.75 Å². The van der Waals surface area contributed by atoms with Crippen molar-refractivity contribution in [3.63, 3.8) is 0 Å². The highest BCUT2D eigenvalue weighted by Crippen LogP contribution is 2.22. The molecule has 0 aromatic heterocycles. The highest BCUT2D eigenvalue weighted by molar-refractivity contribution is 6.31. The molecule has 1 aliphatic rings. The summed E-state index contributed by atoms with van der Waals surface area (Å²) in [7, 11) is 0. The van der Waals surface area contributed by atoms with E-state index >= 15 is 0 Å². The lowest BCUT2D eigenvalue weighted by Gasteiger charge is -2.15. The summed E-state index contributed by atoms with van der Waals surface area (Å²) in [4.78, 5) is 13.7. The average molecular weight is 240 g/mol. The van der Waals surface area contributed by atoms with Crippen molar-refractivity contribution in [2.24, 2.45) is 0 Å². The number of rotatable bonds is 2. The van der Waals surface area contributed by atoms with Crippen molar-refractivity contribution in [2.45, 2.75) is 19.3 Å². The van der Waals surface area contributed by atoms with Gasteiger partial charge in [0.2, 0.25) is 5.91 Å². The molecular formula is C12H14ClNO2. The van der Waals surface area contributed by atoms with Crippen LogP contribution in [0.25, 0.3) is 0 Å². The molecule has 1 aromatic rings. The van der Waals surface area contributed by atoms with Crippen LogP contribution in [0, 0.1) is 0 Å². The van der Waals surface area contributed by atoms with Crippen LogP contribution >= 0.6 is 11.6 Å². The molecule has 86 valence electrons. The van der Waals surface area contributed by atoms with Crippen LogP contribution in [0.15, 0.2) is 18.2 Å². The number of phenolic OH excluding ortho intramolecular Hbond substituents is 1. The Bertz CT molecular complexity index is 400. The van der Waals surface area contributed by atoms with Gasteiger partial charge in [-0.3, -0.25) is 4.79 Å². The van der Waals surface area contributed by atoms with Crippen molar-refractivity contribution in [2.75, 3.05) is 13.1 Å². The number of halogens is 1. The van der Waals surface area contributed by atoms with E-state index in [1.165, 1.54) is 6.07 Å². The lowest BCUT2D eigenvalue weighted by molar-refractivity contribution is -0.129. The minimum Gasteiger partial charge on any atom is -0.508 e. The van der Waals surface area contributed by atoms with Crippen LogP contribution in [-0.2, 0) is 11.2 Å². The third-order valence-corrected chi connectivity index (χ3v) is 3.19. The molecule has 0 bridgehead atoms. The number of carbonyl (C=O) groups is 1. The van der Waals surface area contributed by atoms with Crippen LogP contribution in [0.1, 0.15) is 18.4 Å². The second-order valence-corrected chi connectivity index (χ2v) is 4.45. The molecule has 4 heteroatoms. The van der Waals surface area contributed by atoms with Crippen LogP contribution < -0.4 is 0 Å². The molecule has 0 saturated carbocycles. The predicted molar refractivity (Wildman–Crippen MR) is 62.6 cm³/mol. The van der Waals surface area contributed by atoms with E-state index in [1.807, 2.05) is 4.90 Å². The Kier molecular flexibility index (Phi) is 3.34. The minimum atomic E-state index is 0.116. The lowest BCUT2D eigenvalue weighted by atomic mass is 10.1. The van der Waals surface area contributed by atoms with Crippen LogP contribution in [0.5, 0.6) is 5.75 Å². The second kappa shape index (κ2) is 4.74. The molecule has 1 N–H and O–H groups in total. The number of carbonyl (C=O) groups excluding carboxylic acids is 1. The third-order valence-electron chi connectivity index (χ3n) is 2.84. The van der Waals surface area contributed by atoms with Gasteiger partial charge in [-0.1, -0.05) is 17.7 Å². The molecular weight excluding hydrogens is 226 g/mol. The molecule has 0 atom stereocenters. The average Bonchev–Trinajstić information content (AvgIpc) is 2.75. The number of phenols is 1. The molecule has 16 heavy (non-hydrogen) atoms. The molecule has 1 amide bonds. The number of benzene rings is 1. The van der Waals surface area contributed by atoms with Gasteiger partial charge in [-0.2, -0.15) is 0 Å². The van der Waals surface area contributed by atoms with E-state index in [9.17, 15) is 9.90 Å². The molecule has 1 heterocycles. The summed E-state index contributed by atoms with van der Waals surface area (Å²) in [5.74, 6) is 0.243. The van der Waals surface area contributed by atoms with Gasteiger partial charge in [0.05, 0.1) is 6.42 Å². The quantitative estimate of drug-likeness (QED) is 0.860. The summed E-state index contributed by atoms with van der Waals surface area (Å²) in [6, 6.07) is 4.72. The van der Waals surface area contributed by atoms with E-state index in [4.69, 9.17) is 11.6 Å². The Morgan fingerprint density at radius 3 is 2.69 bits per heavy atom. The Labute approximate surface area is 99.6 Å². The Morgan fingerprint density at radius 1 is 1.38 bits per heavy atom. The van der Waals surface area contributed by atoms with Crippen molar-refractivity contribution in [3.05, 3.63) is 28.8 Å². The molecule has 1 aromatic carbocycles. The maximum atomic E-state index is 11.9. The molecule has 3 nitrogen and oxygen atoms in total. The van der Waals surface area contributed by atoms with Crippen molar-refractivity contribution in [3.8, 4) is 5.75 Å². The number of hydrogen-bond donors (Lipinski definition) is 1. The van der Waals surface area contributed by atoms with Crippen molar-refractivity contribution < 1.29 is 9.90 Å². The molecule has 0 unspecified atom stereocenters. The first-order valence-electron chi connectivity index (χ1n) is 5.42. The second-order valence-electron chi connectivity index (χ2n) is 4.04. The maximum Gasteiger partial charge on any atom is 0.227 e. The highest BCUT2D eigenvalue weighted by Gasteiger charge is 2.18. The van der Waals surface area contributed by atoms with E-state index in [2.05, 4.69) is 0 Å². The van der Waals surface area contributed by atoms with Gasteiger partial charge >= 0.3 is 0 Å². The fraction of sp³-hybridized carbons (Fsp3) is 0.417. The molecule has 2 rings (SSSR count). The number of likely N-dealkylation sites (tertiary alicyclic amines) is 1. The summed E-state index contributed by atoms with van der Waals surface area (Å²) in [6.45, 7) is 1.71. The van der Waals surface area contributed by atoms with Gasteiger partial charge < -0.3 is 10.0 Å². The van der Waals surface area contributed by atoms with Gasteiger partial charge in [0.15, 0.2) is 0 Å². The van der Waals surface area contributed by atoms with Gasteiger partial charge in [-0.05, 0) is 30.5 Å². The summed E-state index contributed by atoms with van der Waals surface area (Å²) in [5, 5.41) is 9.65. The zero-order valence-corrected chi connectivity index (χ0v) is 9.70. The minimum absolute atomic E-state index is 0.116. The molecule has 1 fully saturated rings. The van der Waals surface area contributed by atoms with E-state index < -0.39 is 0 Å². The van der Waals surface area contributed by atoms with E-state index in [0.29, 0.717) is 11.4 Å². The summed E-state index contributed by atoms with van der Waals surface area (Å²) in [6.07, 6.45) is 2.50. The number of hydrogen-bond acceptors (Lipinski definition) is 2. The molecule has 0 radical (unpaired) electrons. The Hall–Kier alpha value is -1.22. The van der Waals surface area contributed by atoms with Crippen LogP contribution in [0.2, 0.25) is 5.02 Å². The highest BCUT2D eigenvalue weighted by atomic mass is 35.5. The normalized spacial score (nSPS) is 15.4. The largest absolute Gasteiger partial charge is 0.508 e. The standard InChI is InChI=1S/C12H14ClNO2/c13-11-8-10(15)4-3-9(11)7-12(16)14-5-1-2-6-14/h3-4,8,15H,1-2,5-7H2. The van der Waals surface area contributed by atoms with Gasteiger partial charge in [0, 0.05) is 18.1 Å². The molecule has 0 spiro atoms. The molecule has 1 saturated heterocycles. The third kappa shape index (κ3) is 2.47. The van der Waals surface area contributed by atoms with Crippen LogP contribution in [-0.4, -0.2) is 29.0 Å². The zero-order chi connectivity index (χ0) is 11.5. The van der Waals surface area contributed by atoms with E-state index in [1.54, 1.807) is 12.1 Å². The van der Waals surface area contributed by atoms with Crippen LogP contribution in [0.4, 0.5) is 0 Å². The fourth-order valence-electron chi connectivity index (χ4n) is 1.92. The van der Waals surface area contributed by atoms with Crippen molar-refractivity contribution in [1.29, 1.82) is 0 Å². The smallest absolute Gasteiger partial charge is 0.227 e. The first kappa shape index (κ1) is 11.3. The van der Waals surface area contributed by atoms with Gasteiger partial charge in [-0.15, -0.1) is 0 Å². The van der Waals surface area contributed by atoms with Crippen molar-refractivity contribution >= 4 is 17.5 Å². The monoisotopic (exact) mass is 239 g/mol. The predicted octanol–water partition coefficient (Wildman–Crippen LogP) is 2.21. The first-order chi connectivity index (χ1) is 7.66. The van der Waals surface area contributed by atoms with Gasteiger partial charge in [0.25, 0.3) is 0 Å². The SMILES string of the molecule is O=C(Cc1ccc(O)cc1Cl)N1CCCC1. The summed E-state index contributed by atoms with van der Waals surface area (Å²) >= 11 is 5.95. The maximum absolute atomic E-state index is 11.9. The fourth-order valence-corrected chi connectivity index (χ4v) is 2.16. The van der Waals surface area contributed by atoms with Crippen LogP contribution in [0.3, 0.4) is 0 Å². The Balaban J connectivity index is 2.05. The number of amides is 1.